The van der Waals surface area contributed by atoms with Crippen LogP contribution in [-0.2, 0) is 29.5 Å². The maximum Gasteiger partial charge on any atom is 0.308 e. The molecule has 1 aliphatic heterocycles. The van der Waals surface area contributed by atoms with E-state index in [0.717, 1.165) is 43.0 Å². The minimum atomic E-state index is -0.125. The lowest BCUT2D eigenvalue weighted by molar-refractivity contribution is -0.145. The number of fused-ring (bicyclic) bond motifs is 2. The summed E-state index contributed by atoms with van der Waals surface area (Å²) in [6, 6.07) is 8.29. The summed E-state index contributed by atoms with van der Waals surface area (Å²) in [4.78, 5) is 11.9. The van der Waals surface area contributed by atoms with Crippen LogP contribution in [0.3, 0.4) is 0 Å². The van der Waals surface area contributed by atoms with E-state index in [1.807, 2.05) is 19.2 Å². The quantitative estimate of drug-likeness (QED) is 0.680. The second-order valence-corrected chi connectivity index (χ2v) is 6.31. The van der Waals surface area contributed by atoms with E-state index in [9.17, 15) is 4.79 Å². The molecule has 3 heterocycles. The smallest absolute Gasteiger partial charge is 0.308 e. The van der Waals surface area contributed by atoms with Crippen molar-refractivity contribution in [3.63, 3.8) is 0 Å². The summed E-state index contributed by atoms with van der Waals surface area (Å²) in [7, 11) is 3.49. The SMILES string of the molecule is COC(=O)C1CCc2nnc(-c3cn(C)c4ccccc34)n2CC1. The van der Waals surface area contributed by atoms with Crippen LogP contribution >= 0.6 is 0 Å². The predicted octanol–water partition coefficient (Wildman–Crippen LogP) is 2.56. The molecule has 1 unspecified atom stereocenters. The average Bonchev–Trinajstić information content (AvgIpc) is 3.08. The molecule has 0 radical (unpaired) electrons. The molecule has 0 bridgehead atoms. The molecule has 1 aromatic carbocycles. The van der Waals surface area contributed by atoms with Crippen molar-refractivity contribution in [3.8, 4) is 11.4 Å². The molecule has 3 aromatic rings. The first kappa shape index (κ1) is 14.9. The van der Waals surface area contributed by atoms with Crippen LogP contribution in [0, 0.1) is 5.92 Å². The van der Waals surface area contributed by atoms with Crippen molar-refractivity contribution in [2.24, 2.45) is 13.0 Å². The van der Waals surface area contributed by atoms with Crippen molar-refractivity contribution < 1.29 is 9.53 Å². The molecule has 2 aromatic heterocycles. The Bertz CT molecular complexity index is 909. The van der Waals surface area contributed by atoms with Gasteiger partial charge in [-0.1, -0.05) is 18.2 Å². The van der Waals surface area contributed by atoms with Crippen molar-refractivity contribution in [3.05, 3.63) is 36.3 Å². The second kappa shape index (κ2) is 5.78. The molecule has 6 nitrogen and oxygen atoms in total. The number of aryl methyl sites for hydroxylation is 2. The van der Waals surface area contributed by atoms with Crippen LogP contribution in [0.25, 0.3) is 22.3 Å². The number of esters is 1. The fraction of sp³-hybridized carbons (Fsp3) is 0.389. The summed E-state index contributed by atoms with van der Waals surface area (Å²) < 4.78 is 9.18. The Hall–Kier alpha value is -2.63. The number of carbonyl (C=O) groups excluding carboxylic acids is 1. The van der Waals surface area contributed by atoms with E-state index in [2.05, 4.69) is 37.7 Å². The Morgan fingerprint density at radius 3 is 2.92 bits per heavy atom. The van der Waals surface area contributed by atoms with Gasteiger partial charge in [0.05, 0.1) is 13.0 Å². The number of rotatable bonds is 2. The molecule has 0 amide bonds. The molecule has 0 saturated heterocycles. The van der Waals surface area contributed by atoms with Gasteiger partial charge in [0.1, 0.15) is 5.82 Å². The standard InChI is InChI=1S/C18H20N4O2/c1-21-11-14(13-5-3-4-6-15(13)21)17-20-19-16-8-7-12(18(23)24-2)9-10-22(16)17/h3-6,11-12H,7-10H2,1-2H3. The molecule has 1 atom stereocenters. The van der Waals surface area contributed by atoms with Crippen LogP contribution in [0.4, 0.5) is 0 Å². The van der Waals surface area contributed by atoms with E-state index >= 15 is 0 Å². The van der Waals surface area contributed by atoms with Gasteiger partial charge >= 0.3 is 5.97 Å². The van der Waals surface area contributed by atoms with E-state index in [-0.39, 0.29) is 11.9 Å². The van der Waals surface area contributed by atoms with Gasteiger partial charge in [-0.3, -0.25) is 4.79 Å². The van der Waals surface area contributed by atoms with Gasteiger partial charge in [-0.2, -0.15) is 0 Å². The Morgan fingerprint density at radius 2 is 2.08 bits per heavy atom. The van der Waals surface area contributed by atoms with E-state index in [4.69, 9.17) is 4.74 Å². The highest BCUT2D eigenvalue weighted by atomic mass is 16.5. The highest BCUT2D eigenvalue weighted by Crippen LogP contribution is 2.31. The summed E-state index contributed by atoms with van der Waals surface area (Å²) in [5, 5.41) is 10.00. The number of aromatic nitrogens is 4. The molecule has 4 rings (SSSR count). The van der Waals surface area contributed by atoms with Gasteiger partial charge in [-0.25, -0.2) is 0 Å². The number of nitrogens with zero attached hydrogens (tertiary/aromatic N) is 4. The van der Waals surface area contributed by atoms with E-state index in [1.54, 1.807) is 0 Å². The van der Waals surface area contributed by atoms with Crippen LogP contribution in [0.2, 0.25) is 0 Å². The van der Waals surface area contributed by atoms with Crippen molar-refractivity contribution >= 4 is 16.9 Å². The molecule has 124 valence electrons. The number of carbonyl (C=O) groups is 1. The maximum atomic E-state index is 11.9. The van der Waals surface area contributed by atoms with Crippen molar-refractivity contribution in [1.29, 1.82) is 0 Å². The maximum absolute atomic E-state index is 11.9. The summed E-state index contributed by atoms with van der Waals surface area (Å²) in [5.41, 5.74) is 2.26. The van der Waals surface area contributed by atoms with Crippen LogP contribution in [0.1, 0.15) is 18.7 Å². The molecule has 0 N–H and O–H groups in total. The molecule has 1 aliphatic rings. The summed E-state index contributed by atoms with van der Waals surface area (Å²) in [5.74, 6) is 1.65. The van der Waals surface area contributed by atoms with Crippen molar-refractivity contribution in [1.82, 2.24) is 19.3 Å². The van der Waals surface area contributed by atoms with Crippen molar-refractivity contribution in [2.45, 2.75) is 25.8 Å². The highest BCUT2D eigenvalue weighted by Gasteiger charge is 2.26. The number of ether oxygens (including phenoxy) is 1. The summed E-state index contributed by atoms with van der Waals surface area (Å²) in [6.07, 6.45) is 4.37. The summed E-state index contributed by atoms with van der Waals surface area (Å²) in [6.45, 7) is 0.737. The topological polar surface area (TPSA) is 61.9 Å². The Kier molecular flexibility index (Phi) is 3.59. The van der Waals surface area contributed by atoms with Gasteiger partial charge < -0.3 is 13.9 Å². The van der Waals surface area contributed by atoms with Crippen LogP contribution in [0.5, 0.6) is 0 Å². The molecule has 0 fully saturated rings. The monoisotopic (exact) mass is 324 g/mol. The molecular weight excluding hydrogens is 304 g/mol. The number of para-hydroxylation sites is 1. The fourth-order valence-electron chi connectivity index (χ4n) is 3.61. The molecule has 0 spiro atoms. The lowest BCUT2D eigenvalue weighted by Crippen LogP contribution is -2.16. The Labute approximate surface area is 140 Å². The third-order valence-electron chi connectivity index (χ3n) is 4.92. The van der Waals surface area contributed by atoms with Gasteiger partial charge in [0.25, 0.3) is 0 Å². The normalized spacial score (nSPS) is 17.5. The minimum absolute atomic E-state index is 0.0583. The zero-order valence-corrected chi connectivity index (χ0v) is 13.9. The lowest BCUT2D eigenvalue weighted by atomic mass is 10.0. The van der Waals surface area contributed by atoms with Crippen LogP contribution in [0.15, 0.2) is 30.5 Å². The molecular formula is C18H20N4O2. The first-order valence-corrected chi connectivity index (χ1v) is 8.23. The average molecular weight is 324 g/mol. The van der Waals surface area contributed by atoms with Gasteiger partial charge in [-0.05, 0) is 18.9 Å². The van der Waals surface area contributed by atoms with E-state index in [0.29, 0.717) is 0 Å². The number of hydrogen-bond acceptors (Lipinski definition) is 4. The van der Waals surface area contributed by atoms with Crippen molar-refractivity contribution in [2.75, 3.05) is 7.11 Å². The van der Waals surface area contributed by atoms with Gasteiger partial charge in [0, 0.05) is 42.7 Å². The zero-order chi connectivity index (χ0) is 16.7. The number of methoxy groups -OCH3 is 1. The predicted molar refractivity (Wildman–Crippen MR) is 90.4 cm³/mol. The zero-order valence-electron chi connectivity index (χ0n) is 13.9. The summed E-state index contributed by atoms with van der Waals surface area (Å²) >= 11 is 0. The first-order chi connectivity index (χ1) is 11.7. The van der Waals surface area contributed by atoms with Gasteiger partial charge in [0.15, 0.2) is 5.82 Å². The van der Waals surface area contributed by atoms with E-state index in [1.165, 1.54) is 18.0 Å². The lowest BCUT2D eigenvalue weighted by Gasteiger charge is -2.10. The number of hydrogen-bond donors (Lipinski definition) is 0. The molecule has 0 saturated carbocycles. The van der Waals surface area contributed by atoms with Gasteiger partial charge in [-0.15, -0.1) is 10.2 Å². The first-order valence-electron chi connectivity index (χ1n) is 8.23. The minimum Gasteiger partial charge on any atom is -0.469 e. The molecule has 6 heteroatoms. The van der Waals surface area contributed by atoms with Crippen LogP contribution in [-0.4, -0.2) is 32.4 Å². The Balaban J connectivity index is 1.75. The highest BCUT2D eigenvalue weighted by molar-refractivity contribution is 5.94. The Morgan fingerprint density at radius 1 is 1.25 bits per heavy atom. The number of benzene rings is 1. The van der Waals surface area contributed by atoms with Crippen LogP contribution < -0.4 is 0 Å². The molecule has 0 aliphatic carbocycles. The molecule has 24 heavy (non-hydrogen) atoms. The largest absolute Gasteiger partial charge is 0.469 e. The second-order valence-electron chi connectivity index (χ2n) is 6.31. The van der Waals surface area contributed by atoms with E-state index < -0.39 is 0 Å². The van der Waals surface area contributed by atoms with Gasteiger partial charge in [0.2, 0.25) is 0 Å². The third-order valence-corrected chi connectivity index (χ3v) is 4.92. The fourth-order valence-corrected chi connectivity index (χ4v) is 3.61. The third kappa shape index (κ3) is 2.29.